The van der Waals surface area contributed by atoms with Crippen LogP contribution in [-0.4, -0.2) is 11.5 Å². The van der Waals surface area contributed by atoms with Crippen molar-refractivity contribution in [1.82, 2.24) is 4.98 Å². The zero-order valence-electron chi connectivity index (χ0n) is 5.88. The summed E-state index contributed by atoms with van der Waals surface area (Å²) in [6, 6.07) is 3.98. The van der Waals surface area contributed by atoms with Crippen molar-refractivity contribution >= 4 is 0 Å². The summed E-state index contributed by atoms with van der Waals surface area (Å²) in [6.07, 6.45) is 2.70. The third-order valence-corrected chi connectivity index (χ3v) is 1.50. The lowest BCUT2D eigenvalue weighted by Crippen LogP contribution is -2.15. The van der Waals surface area contributed by atoms with Crippen LogP contribution >= 0.6 is 0 Å². The molecule has 1 rings (SSSR count). The monoisotopic (exact) mass is 139 g/mol. The Bertz CT molecular complexity index is 169. The first-order chi connectivity index (χ1) is 4.84. The van der Waals surface area contributed by atoms with Crippen LogP contribution in [0.15, 0.2) is 18.3 Å². The van der Waals surface area contributed by atoms with Gasteiger partial charge in [0.1, 0.15) is 0 Å². The van der Waals surface area contributed by atoms with Crippen LogP contribution < -0.4 is 11.5 Å². The first-order valence-corrected chi connectivity index (χ1v) is 3.43. The molecule has 3 heteroatoms. The van der Waals surface area contributed by atoms with Gasteiger partial charge in [0.05, 0.1) is 0 Å². The van der Waals surface area contributed by atoms with E-state index in [-0.39, 0.29) is 6.04 Å². The highest BCUT2D eigenvalue weighted by Gasteiger charge is 2.03. The Balaban J connectivity index is 2.50. The molecule has 1 heterocycles. The van der Waals surface area contributed by atoms with Gasteiger partial charge in [-0.05, 0) is 25.1 Å². The van der Waals surface area contributed by atoms with Gasteiger partial charge in [-0.2, -0.15) is 0 Å². The smallest absolute Gasteiger partial charge is 0.0459 e. The Morgan fingerprint density at radius 3 is 2.90 bits per heavy atom. The van der Waals surface area contributed by atoms with Gasteiger partial charge < -0.3 is 16.5 Å². The molecule has 0 saturated carbocycles. The average molecular weight is 139 g/mol. The van der Waals surface area contributed by atoms with E-state index in [4.69, 9.17) is 11.5 Å². The number of H-pyrrole nitrogens is 1. The maximum absolute atomic E-state index is 5.74. The summed E-state index contributed by atoms with van der Waals surface area (Å²) in [6.45, 7) is 0.639. The van der Waals surface area contributed by atoms with Gasteiger partial charge in [0.2, 0.25) is 0 Å². The summed E-state index contributed by atoms with van der Waals surface area (Å²) < 4.78 is 0. The number of nitrogens with two attached hydrogens (primary N) is 2. The molecule has 3 nitrogen and oxygen atoms in total. The van der Waals surface area contributed by atoms with Crippen molar-refractivity contribution in [2.24, 2.45) is 11.5 Å². The summed E-state index contributed by atoms with van der Waals surface area (Å²) >= 11 is 0. The van der Waals surface area contributed by atoms with Crippen molar-refractivity contribution in [3.05, 3.63) is 24.0 Å². The summed E-state index contributed by atoms with van der Waals surface area (Å²) in [5.41, 5.74) is 12.1. The minimum Gasteiger partial charge on any atom is -0.364 e. The van der Waals surface area contributed by atoms with E-state index in [1.807, 2.05) is 18.3 Å². The van der Waals surface area contributed by atoms with Crippen molar-refractivity contribution in [1.29, 1.82) is 0 Å². The number of rotatable bonds is 3. The molecule has 5 N–H and O–H groups in total. The minimum absolute atomic E-state index is 0.0694. The summed E-state index contributed by atoms with van der Waals surface area (Å²) in [4.78, 5) is 3.04. The molecule has 0 radical (unpaired) electrons. The fraction of sp³-hybridized carbons (Fsp3) is 0.429. The van der Waals surface area contributed by atoms with E-state index in [9.17, 15) is 0 Å². The predicted molar refractivity (Wildman–Crippen MR) is 41.4 cm³/mol. The molecule has 0 aliphatic carbocycles. The Morgan fingerprint density at radius 2 is 2.40 bits per heavy atom. The Labute approximate surface area is 60.4 Å². The lowest BCUT2D eigenvalue weighted by atomic mass is 10.1. The molecule has 1 aromatic rings. The van der Waals surface area contributed by atoms with E-state index in [0.29, 0.717) is 6.54 Å². The van der Waals surface area contributed by atoms with Crippen LogP contribution in [0.5, 0.6) is 0 Å². The van der Waals surface area contributed by atoms with Gasteiger partial charge in [0.15, 0.2) is 0 Å². The van der Waals surface area contributed by atoms with Crippen LogP contribution in [0, 0.1) is 0 Å². The number of nitrogens with one attached hydrogen (secondary N) is 1. The molecule has 0 spiro atoms. The van der Waals surface area contributed by atoms with Crippen molar-refractivity contribution in [3.8, 4) is 0 Å². The van der Waals surface area contributed by atoms with E-state index in [1.54, 1.807) is 0 Å². The second-order valence-electron chi connectivity index (χ2n) is 2.31. The average Bonchev–Trinajstić information content (AvgIpc) is 2.38. The molecular formula is C7H13N3. The third kappa shape index (κ3) is 1.59. The molecule has 0 saturated heterocycles. The van der Waals surface area contributed by atoms with Gasteiger partial charge in [0.25, 0.3) is 0 Å². The molecule has 0 bridgehead atoms. The fourth-order valence-electron chi connectivity index (χ4n) is 0.910. The number of hydrogen-bond acceptors (Lipinski definition) is 2. The molecular weight excluding hydrogens is 126 g/mol. The maximum Gasteiger partial charge on any atom is 0.0459 e. The van der Waals surface area contributed by atoms with E-state index in [0.717, 1.165) is 12.1 Å². The van der Waals surface area contributed by atoms with Crippen LogP contribution in [0.4, 0.5) is 0 Å². The second-order valence-corrected chi connectivity index (χ2v) is 2.31. The highest BCUT2D eigenvalue weighted by atomic mass is 14.8. The zero-order chi connectivity index (χ0) is 7.40. The van der Waals surface area contributed by atoms with Crippen LogP contribution in [0.1, 0.15) is 18.2 Å². The van der Waals surface area contributed by atoms with Crippen LogP contribution in [0.25, 0.3) is 0 Å². The lowest BCUT2D eigenvalue weighted by molar-refractivity contribution is 0.646. The molecule has 0 fully saturated rings. The first kappa shape index (κ1) is 7.31. The number of aromatic amines is 1. The highest BCUT2D eigenvalue weighted by Crippen LogP contribution is 2.08. The molecule has 1 unspecified atom stereocenters. The van der Waals surface area contributed by atoms with E-state index in [2.05, 4.69) is 4.98 Å². The summed E-state index contributed by atoms with van der Waals surface area (Å²) in [5, 5.41) is 0. The third-order valence-electron chi connectivity index (χ3n) is 1.50. The number of hydrogen-bond donors (Lipinski definition) is 3. The summed E-state index contributed by atoms with van der Waals surface area (Å²) in [7, 11) is 0. The van der Waals surface area contributed by atoms with Gasteiger partial charge in [0, 0.05) is 17.9 Å². The van der Waals surface area contributed by atoms with Gasteiger partial charge >= 0.3 is 0 Å². The van der Waals surface area contributed by atoms with Gasteiger partial charge in [-0.25, -0.2) is 0 Å². The Morgan fingerprint density at radius 1 is 1.60 bits per heavy atom. The zero-order valence-corrected chi connectivity index (χ0v) is 5.88. The predicted octanol–water partition coefficient (Wildman–Crippen LogP) is 0.363. The van der Waals surface area contributed by atoms with Crippen LogP contribution in [-0.2, 0) is 0 Å². The molecule has 0 aliphatic heterocycles. The molecule has 1 aromatic heterocycles. The van der Waals surface area contributed by atoms with Gasteiger partial charge in [-0.15, -0.1) is 0 Å². The maximum atomic E-state index is 5.74. The Hall–Kier alpha value is -0.800. The van der Waals surface area contributed by atoms with Crippen molar-refractivity contribution in [2.45, 2.75) is 12.5 Å². The molecule has 1 atom stereocenters. The first-order valence-electron chi connectivity index (χ1n) is 3.43. The highest BCUT2D eigenvalue weighted by molar-refractivity contribution is 5.08. The minimum atomic E-state index is 0.0694. The van der Waals surface area contributed by atoms with Crippen molar-refractivity contribution in [3.63, 3.8) is 0 Å². The van der Waals surface area contributed by atoms with Crippen LogP contribution in [0.3, 0.4) is 0 Å². The normalized spacial score (nSPS) is 13.4. The van der Waals surface area contributed by atoms with Gasteiger partial charge in [-0.1, -0.05) is 0 Å². The van der Waals surface area contributed by atoms with Crippen molar-refractivity contribution < 1.29 is 0 Å². The topological polar surface area (TPSA) is 67.8 Å². The molecule has 0 aliphatic rings. The lowest BCUT2D eigenvalue weighted by Gasteiger charge is -2.06. The van der Waals surface area contributed by atoms with Crippen molar-refractivity contribution in [2.75, 3.05) is 6.54 Å². The standard InChI is InChI=1S/C7H13N3/c8-4-3-6(9)7-2-1-5-10-7/h1-2,5-6,10H,3-4,8-9H2. The second kappa shape index (κ2) is 3.39. The van der Waals surface area contributed by atoms with Gasteiger partial charge in [-0.3, -0.25) is 0 Å². The Kier molecular flexibility index (Phi) is 2.48. The summed E-state index contributed by atoms with van der Waals surface area (Å²) in [5.74, 6) is 0. The molecule has 10 heavy (non-hydrogen) atoms. The molecule has 56 valence electrons. The van der Waals surface area contributed by atoms with Crippen LogP contribution in [0.2, 0.25) is 0 Å². The quantitative estimate of drug-likeness (QED) is 0.566. The number of aromatic nitrogens is 1. The SMILES string of the molecule is NCCC(N)c1ccc[nH]1. The molecule has 0 amide bonds. The largest absolute Gasteiger partial charge is 0.364 e. The fourth-order valence-corrected chi connectivity index (χ4v) is 0.910. The van der Waals surface area contributed by atoms with E-state index in [1.165, 1.54) is 0 Å². The van der Waals surface area contributed by atoms with E-state index < -0.39 is 0 Å². The molecule has 0 aromatic carbocycles. The van der Waals surface area contributed by atoms with E-state index >= 15 is 0 Å².